The van der Waals surface area contributed by atoms with E-state index in [4.69, 9.17) is 9.84 Å². The second-order valence-electron chi connectivity index (χ2n) is 8.27. The Bertz CT molecular complexity index is 574. The summed E-state index contributed by atoms with van der Waals surface area (Å²) in [6.45, 7) is 5.85. The van der Waals surface area contributed by atoms with Crippen LogP contribution in [-0.2, 0) is 23.1 Å². The molecule has 26 heavy (non-hydrogen) atoms. The summed E-state index contributed by atoms with van der Waals surface area (Å²) in [4.78, 5) is 16.1. The van der Waals surface area contributed by atoms with Crippen molar-refractivity contribution in [3.05, 3.63) is 17.5 Å². The third-order valence-corrected chi connectivity index (χ3v) is 5.24. The first-order valence-corrected chi connectivity index (χ1v) is 9.79. The Morgan fingerprint density at radius 1 is 1.27 bits per heavy atom. The van der Waals surface area contributed by atoms with Gasteiger partial charge in [0.25, 0.3) is 0 Å². The van der Waals surface area contributed by atoms with Gasteiger partial charge in [-0.05, 0) is 65.6 Å². The quantitative estimate of drug-likeness (QED) is 0.712. The molecule has 0 atom stereocenters. The number of aryl methyl sites for hydroxylation is 1. The van der Waals surface area contributed by atoms with Crippen molar-refractivity contribution in [1.82, 2.24) is 19.6 Å². The van der Waals surface area contributed by atoms with Gasteiger partial charge in [0, 0.05) is 33.1 Å². The van der Waals surface area contributed by atoms with Crippen molar-refractivity contribution in [2.45, 2.75) is 58.1 Å². The summed E-state index contributed by atoms with van der Waals surface area (Å²) in [5, 5.41) is 4.75. The van der Waals surface area contributed by atoms with Gasteiger partial charge in [-0.15, -0.1) is 0 Å². The van der Waals surface area contributed by atoms with Gasteiger partial charge in [-0.25, -0.2) is 0 Å². The molecule has 1 amide bonds. The van der Waals surface area contributed by atoms with Gasteiger partial charge in [-0.2, -0.15) is 5.10 Å². The molecule has 0 spiro atoms. The van der Waals surface area contributed by atoms with Crippen LogP contribution in [0.4, 0.5) is 0 Å². The number of rotatable bonds is 8. The van der Waals surface area contributed by atoms with Crippen LogP contribution in [-0.4, -0.2) is 65.9 Å². The predicted molar refractivity (Wildman–Crippen MR) is 104 cm³/mol. The highest BCUT2D eigenvalue weighted by molar-refractivity contribution is 5.77. The van der Waals surface area contributed by atoms with Crippen molar-refractivity contribution >= 4 is 5.91 Å². The van der Waals surface area contributed by atoms with E-state index in [0.717, 1.165) is 38.8 Å². The van der Waals surface area contributed by atoms with Crippen LogP contribution in [0.15, 0.2) is 6.07 Å². The van der Waals surface area contributed by atoms with Crippen molar-refractivity contribution in [3.8, 4) is 0 Å². The Hall–Kier alpha value is -1.40. The second kappa shape index (κ2) is 9.51. The molecule has 1 heterocycles. The number of carbonyl (C=O) groups excluding carboxylic acids is 1. The zero-order valence-corrected chi connectivity index (χ0v) is 17.4. The predicted octanol–water partition coefficient (Wildman–Crippen LogP) is 2.64. The lowest BCUT2D eigenvalue weighted by Gasteiger charge is -2.30. The molecule has 0 aromatic carbocycles. The van der Waals surface area contributed by atoms with E-state index < -0.39 is 0 Å². The van der Waals surface area contributed by atoms with Crippen molar-refractivity contribution in [2.24, 2.45) is 13.0 Å². The normalized spacial score (nSPS) is 20.8. The van der Waals surface area contributed by atoms with E-state index in [1.54, 1.807) is 0 Å². The molecular weight excluding hydrogens is 328 g/mol. The van der Waals surface area contributed by atoms with Crippen LogP contribution >= 0.6 is 0 Å². The maximum absolute atomic E-state index is 12.1. The molecule has 1 aliphatic carbocycles. The first-order chi connectivity index (χ1) is 12.3. The van der Waals surface area contributed by atoms with Crippen molar-refractivity contribution < 1.29 is 9.53 Å². The van der Waals surface area contributed by atoms with E-state index in [9.17, 15) is 4.79 Å². The molecule has 0 N–H and O–H groups in total. The van der Waals surface area contributed by atoms with E-state index in [0.29, 0.717) is 11.8 Å². The van der Waals surface area contributed by atoms with Gasteiger partial charge < -0.3 is 14.5 Å². The molecule has 148 valence electrons. The van der Waals surface area contributed by atoms with E-state index in [1.807, 2.05) is 37.5 Å². The number of amides is 1. The third-order valence-electron chi connectivity index (χ3n) is 5.24. The number of aromatic nitrogens is 2. The first-order valence-electron chi connectivity index (χ1n) is 9.79. The number of ether oxygens (including phenoxy) is 1. The minimum absolute atomic E-state index is 0.0823. The lowest BCUT2D eigenvalue weighted by Crippen LogP contribution is -2.36. The molecule has 1 aromatic heterocycles. The molecule has 0 radical (unpaired) electrons. The molecule has 6 nitrogen and oxygen atoms in total. The van der Waals surface area contributed by atoms with E-state index in [1.165, 1.54) is 11.4 Å². The van der Waals surface area contributed by atoms with Crippen LogP contribution in [0.2, 0.25) is 0 Å². The Labute approximate surface area is 158 Å². The fourth-order valence-corrected chi connectivity index (χ4v) is 3.68. The minimum atomic E-state index is 0.0823. The molecule has 6 heteroatoms. The van der Waals surface area contributed by atoms with Crippen LogP contribution in [0.5, 0.6) is 0 Å². The number of carbonyl (C=O) groups is 1. The van der Waals surface area contributed by atoms with E-state index >= 15 is 0 Å². The molecular formula is C20H36N4O2. The van der Waals surface area contributed by atoms with Crippen LogP contribution in [0.25, 0.3) is 0 Å². The van der Waals surface area contributed by atoms with E-state index in [-0.39, 0.29) is 18.6 Å². The number of hydrogen-bond acceptors (Lipinski definition) is 4. The van der Waals surface area contributed by atoms with Crippen molar-refractivity contribution in [2.75, 3.05) is 34.3 Å². The first kappa shape index (κ1) is 20.9. The molecule has 2 rings (SSSR count). The lowest BCUT2D eigenvalue weighted by atomic mass is 9.80. The molecule has 0 unspecified atom stereocenters. The number of hydrogen-bond donors (Lipinski definition) is 0. The Morgan fingerprint density at radius 3 is 2.50 bits per heavy atom. The van der Waals surface area contributed by atoms with Crippen LogP contribution in [0, 0.1) is 5.92 Å². The summed E-state index contributed by atoms with van der Waals surface area (Å²) >= 11 is 0. The summed E-state index contributed by atoms with van der Waals surface area (Å²) in [5.74, 6) is 1.22. The largest absolute Gasteiger partial charge is 0.369 e. The van der Waals surface area contributed by atoms with Gasteiger partial charge >= 0.3 is 0 Å². The fourth-order valence-electron chi connectivity index (χ4n) is 3.68. The second-order valence-corrected chi connectivity index (χ2v) is 8.27. The van der Waals surface area contributed by atoms with Gasteiger partial charge in [0.1, 0.15) is 6.61 Å². The van der Waals surface area contributed by atoms with Gasteiger partial charge in [-0.3, -0.25) is 9.48 Å². The van der Waals surface area contributed by atoms with Crippen molar-refractivity contribution in [1.29, 1.82) is 0 Å². The zero-order chi connectivity index (χ0) is 19.3. The zero-order valence-electron chi connectivity index (χ0n) is 17.4. The van der Waals surface area contributed by atoms with Crippen LogP contribution < -0.4 is 0 Å². The molecule has 0 aliphatic heterocycles. The summed E-state index contributed by atoms with van der Waals surface area (Å²) in [5.41, 5.74) is 2.50. The SMILES string of the molecule is CC(C)OCC(=O)N(C)CC1CCC(c2cc(CN(C)C)n(C)n2)CC1. The minimum Gasteiger partial charge on any atom is -0.369 e. The molecule has 1 aliphatic rings. The summed E-state index contributed by atoms with van der Waals surface area (Å²) in [6, 6.07) is 2.27. The smallest absolute Gasteiger partial charge is 0.248 e. The third kappa shape index (κ3) is 6.09. The molecule has 1 fully saturated rings. The summed E-state index contributed by atoms with van der Waals surface area (Å²) in [7, 11) is 8.10. The van der Waals surface area contributed by atoms with Gasteiger partial charge in [0.2, 0.25) is 5.91 Å². The number of nitrogens with zero attached hydrogens (tertiary/aromatic N) is 4. The van der Waals surface area contributed by atoms with Gasteiger partial charge in [0.05, 0.1) is 17.5 Å². The Balaban J connectivity index is 1.81. The molecule has 1 aromatic rings. The average molecular weight is 365 g/mol. The average Bonchev–Trinajstić information content (AvgIpc) is 2.93. The summed E-state index contributed by atoms with van der Waals surface area (Å²) in [6.07, 6.45) is 4.74. The standard InChI is InChI=1S/C20H36N4O2/c1-15(2)26-14-20(25)23(5)12-16-7-9-17(10-8-16)19-11-18(13-22(3)4)24(6)21-19/h11,15-17H,7-10,12-14H2,1-6H3. The highest BCUT2D eigenvalue weighted by atomic mass is 16.5. The molecule has 0 saturated heterocycles. The Morgan fingerprint density at radius 2 is 1.92 bits per heavy atom. The highest BCUT2D eigenvalue weighted by Gasteiger charge is 2.26. The number of likely N-dealkylation sites (N-methyl/N-ethyl adjacent to an activating group) is 1. The van der Waals surface area contributed by atoms with Gasteiger partial charge in [-0.1, -0.05) is 0 Å². The molecule has 0 bridgehead atoms. The fraction of sp³-hybridized carbons (Fsp3) is 0.800. The summed E-state index contributed by atoms with van der Waals surface area (Å²) < 4.78 is 7.44. The maximum Gasteiger partial charge on any atom is 0.248 e. The molecule has 1 saturated carbocycles. The monoisotopic (exact) mass is 364 g/mol. The van der Waals surface area contributed by atoms with Crippen molar-refractivity contribution in [3.63, 3.8) is 0 Å². The maximum atomic E-state index is 12.1. The topological polar surface area (TPSA) is 50.6 Å². The van der Waals surface area contributed by atoms with E-state index in [2.05, 4.69) is 25.1 Å². The Kier molecular flexibility index (Phi) is 7.65. The van der Waals surface area contributed by atoms with Gasteiger partial charge in [0.15, 0.2) is 0 Å². The van der Waals surface area contributed by atoms with Crippen LogP contribution in [0.1, 0.15) is 56.8 Å². The highest BCUT2D eigenvalue weighted by Crippen LogP contribution is 2.35. The lowest BCUT2D eigenvalue weighted by molar-refractivity contribution is -0.137. The van der Waals surface area contributed by atoms with Crippen LogP contribution in [0.3, 0.4) is 0 Å².